The fourth-order valence-corrected chi connectivity index (χ4v) is 5.57. The third-order valence-corrected chi connectivity index (χ3v) is 7.68. The van der Waals surface area contributed by atoms with E-state index in [2.05, 4.69) is 17.0 Å². The smallest absolute Gasteiger partial charge is 0.343 e. The van der Waals surface area contributed by atoms with Crippen molar-refractivity contribution < 1.29 is 19.1 Å². The molecule has 32 heavy (non-hydrogen) atoms. The third kappa shape index (κ3) is 4.86. The number of likely N-dealkylation sites (N-methyl/N-ethyl adjacent to an activating group) is 1. The van der Waals surface area contributed by atoms with Crippen molar-refractivity contribution in [3.8, 4) is 0 Å². The van der Waals surface area contributed by atoms with Crippen molar-refractivity contribution in [1.82, 2.24) is 9.97 Å². The van der Waals surface area contributed by atoms with Crippen molar-refractivity contribution in [1.29, 1.82) is 0 Å². The first-order valence-electron chi connectivity index (χ1n) is 12.1. The van der Waals surface area contributed by atoms with E-state index in [4.69, 9.17) is 4.74 Å². The van der Waals surface area contributed by atoms with Gasteiger partial charge >= 0.3 is 5.97 Å². The van der Waals surface area contributed by atoms with Gasteiger partial charge in [-0.1, -0.05) is 49.6 Å². The normalized spacial score (nSPS) is 25.9. The van der Waals surface area contributed by atoms with Gasteiger partial charge < -0.3 is 14.3 Å². The second kappa shape index (κ2) is 10.1. The van der Waals surface area contributed by atoms with E-state index in [1.807, 2.05) is 36.4 Å². The molecule has 0 radical (unpaired) electrons. The minimum absolute atomic E-state index is 0.0918. The Morgan fingerprint density at radius 2 is 1.78 bits per heavy atom. The van der Waals surface area contributed by atoms with E-state index >= 15 is 0 Å². The molecule has 2 aliphatic rings. The summed E-state index contributed by atoms with van der Waals surface area (Å²) in [5.74, 6) is 0.275. The Morgan fingerprint density at radius 1 is 1.06 bits per heavy atom. The van der Waals surface area contributed by atoms with Crippen LogP contribution in [0.3, 0.4) is 0 Å². The lowest BCUT2D eigenvalue weighted by Crippen LogP contribution is -2.52. The summed E-state index contributed by atoms with van der Waals surface area (Å²) in [7, 11) is 2.24. The monoisotopic (exact) mass is 438 g/mol. The maximum absolute atomic E-state index is 13.4. The fraction of sp³-hybridized carbons (Fsp3) is 0.577. The average Bonchev–Trinajstić information content (AvgIpc) is 3.23. The number of quaternary nitrogens is 1. The lowest BCUT2D eigenvalue weighted by atomic mass is 9.73. The summed E-state index contributed by atoms with van der Waals surface area (Å²) in [6.45, 7) is 2.31. The zero-order chi connectivity index (χ0) is 22.4. The number of aliphatic hydroxyl groups is 1. The molecule has 2 fully saturated rings. The van der Waals surface area contributed by atoms with Crippen molar-refractivity contribution >= 4 is 5.97 Å². The van der Waals surface area contributed by atoms with Gasteiger partial charge in [-0.15, -0.1) is 0 Å². The molecule has 2 unspecified atom stereocenters. The van der Waals surface area contributed by atoms with E-state index in [1.54, 1.807) is 12.4 Å². The van der Waals surface area contributed by atoms with E-state index in [-0.39, 0.29) is 12.0 Å². The highest BCUT2D eigenvalue weighted by Crippen LogP contribution is 2.40. The quantitative estimate of drug-likeness (QED) is 0.503. The van der Waals surface area contributed by atoms with Crippen molar-refractivity contribution in [2.24, 2.45) is 5.92 Å². The molecule has 6 nitrogen and oxygen atoms in total. The van der Waals surface area contributed by atoms with E-state index in [0.717, 1.165) is 68.3 Å². The summed E-state index contributed by atoms with van der Waals surface area (Å²) in [6.07, 6.45) is 11.5. The summed E-state index contributed by atoms with van der Waals surface area (Å²) in [4.78, 5) is 22.1. The Labute approximate surface area is 191 Å². The summed E-state index contributed by atoms with van der Waals surface area (Å²) < 4.78 is 6.76. The minimum Gasteiger partial charge on any atom is -0.457 e. The van der Waals surface area contributed by atoms with Gasteiger partial charge in [-0.2, -0.15) is 0 Å². The average molecular weight is 439 g/mol. The van der Waals surface area contributed by atoms with E-state index < -0.39 is 11.6 Å². The molecule has 2 aromatic rings. The van der Waals surface area contributed by atoms with Gasteiger partial charge in [0.1, 0.15) is 18.5 Å². The van der Waals surface area contributed by atoms with Crippen LogP contribution in [0.4, 0.5) is 0 Å². The summed E-state index contributed by atoms with van der Waals surface area (Å²) in [6, 6.07) is 11.4. The number of ether oxygens (including phenoxy) is 1. The number of hydrogen-bond donors (Lipinski definition) is 1. The Morgan fingerprint density at radius 3 is 2.50 bits per heavy atom. The Kier molecular flexibility index (Phi) is 7.21. The van der Waals surface area contributed by atoms with Crippen LogP contribution in [0.2, 0.25) is 0 Å². The third-order valence-electron chi connectivity index (χ3n) is 7.68. The number of hydrogen-bond acceptors (Lipinski definition) is 5. The molecular weight excluding hydrogens is 402 g/mol. The molecule has 1 N–H and O–H groups in total. The maximum atomic E-state index is 13.4. The number of nitrogens with zero attached hydrogens (tertiary/aromatic N) is 3. The van der Waals surface area contributed by atoms with Crippen LogP contribution < -0.4 is 0 Å². The number of likely N-dealkylation sites (tertiary alicyclic amines) is 1. The van der Waals surface area contributed by atoms with Gasteiger partial charge in [-0.05, 0) is 24.5 Å². The Hall–Kier alpha value is -2.31. The molecule has 0 amide bonds. The first-order valence-corrected chi connectivity index (χ1v) is 12.1. The van der Waals surface area contributed by atoms with Crippen LogP contribution in [0.15, 0.2) is 48.8 Å². The van der Waals surface area contributed by atoms with Gasteiger partial charge in [0.05, 0.1) is 26.6 Å². The number of benzene rings is 1. The molecule has 1 aliphatic heterocycles. The fourth-order valence-electron chi connectivity index (χ4n) is 5.57. The van der Waals surface area contributed by atoms with Crippen molar-refractivity contribution in [3.05, 3.63) is 60.2 Å². The molecule has 1 aromatic heterocycles. The molecule has 6 heteroatoms. The van der Waals surface area contributed by atoms with Crippen LogP contribution in [0.25, 0.3) is 0 Å². The number of rotatable bonds is 8. The topological polar surface area (TPSA) is 72.3 Å². The van der Waals surface area contributed by atoms with Crippen molar-refractivity contribution in [3.63, 3.8) is 0 Å². The van der Waals surface area contributed by atoms with Crippen LogP contribution >= 0.6 is 0 Å². The molecule has 3 atom stereocenters. The Balaban J connectivity index is 1.44. The van der Waals surface area contributed by atoms with E-state index in [0.29, 0.717) is 12.2 Å². The predicted octanol–water partition coefficient (Wildman–Crippen LogP) is 3.64. The molecule has 1 aromatic carbocycles. The molecule has 2 heterocycles. The van der Waals surface area contributed by atoms with E-state index in [9.17, 15) is 9.90 Å². The van der Waals surface area contributed by atoms with Gasteiger partial charge in [0.2, 0.25) is 0 Å². The minimum atomic E-state index is -1.57. The van der Waals surface area contributed by atoms with Gasteiger partial charge in [0, 0.05) is 31.2 Å². The van der Waals surface area contributed by atoms with Gasteiger partial charge in [0.25, 0.3) is 0 Å². The molecule has 1 saturated heterocycles. The predicted molar refractivity (Wildman–Crippen MR) is 123 cm³/mol. The van der Waals surface area contributed by atoms with Crippen molar-refractivity contribution in [2.75, 3.05) is 26.7 Å². The van der Waals surface area contributed by atoms with E-state index in [1.165, 1.54) is 6.42 Å². The number of carbonyl (C=O) groups is 1. The number of esters is 1. The SMILES string of the molecule is C[N@+]1(CCc2ncccn2)CCCC1COC(=O)C(O)(c1ccccc1)C1CCCCC1. The second-order valence-corrected chi connectivity index (χ2v) is 9.70. The van der Waals surface area contributed by atoms with Crippen LogP contribution in [-0.4, -0.2) is 58.3 Å². The molecular formula is C26H36N3O3+. The van der Waals surface area contributed by atoms with Crippen LogP contribution in [0.5, 0.6) is 0 Å². The standard InChI is InChI=1S/C26H36N3O3/c1-29(19-15-24-27-16-9-17-28-24)18-8-14-23(29)20-32-25(30)26(31,21-10-4-2-5-11-21)22-12-6-3-7-13-22/h2,4-5,9-11,16-17,22-23,31H,3,6-8,12-15,18-20H2,1H3/q+1/t23?,26?,29-/m1/s1. The highest BCUT2D eigenvalue weighted by atomic mass is 16.6. The van der Waals surface area contributed by atoms with Crippen molar-refractivity contribution in [2.45, 2.75) is 63.0 Å². The Bertz CT molecular complexity index is 872. The molecule has 172 valence electrons. The molecule has 1 aliphatic carbocycles. The highest BCUT2D eigenvalue weighted by molar-refractivity contribution is 5.81. The van der Waals surface area contributed by atoms with Gasteiger partial charge in [-0.25, -0.2) is 14.8 Å². The maximum Gasteiger partial charge on any atom is 0.343 e. The summed E-state index contributed by atoms with van der Waals surface area (Å²) >= 11 is 0. The van der Waals surface area contributed by atoms with Crippen LogP contribution in [0.1, 0.15) is 56.3 Å². The lowest BCUT2D eigenvalue weighted by molar-refractivity contribution is -0.921. The second-order valence-electron chi connectivity index (χ2n) is 9.70. The lowest BCUT2D eigenvalue weighted by Gasteiger charge is -2.38. The zero-order valence-electron chi connectivity index (χ0n) is 19.2. The summed E-state index contributed by atoms with van der Waals surface area (Å²) in [5, 5.41) is 11.7. The zero-order valence-corrected chi connectivity index (χ0v) is 19.2. The number of carbonyl (C=O) groups excluding carboxylic acids is 1. The highest BCUT2D eigenvalue weighted by Gasteiger charge is 2.48. The van der Waals surface area contributed by atoms with Crippen LogP contribution in [-0.2, 0) is 21.6 Å². The number of aromatic nitrogens is 2. The van der Waals surface area contributed by atoms with Gasteiger partial charge in [0.15, 0.2) is 5.60 Å². The largest absolute Gasteiger partial charge is 0.457 e. The van der Waals surface area contributed by atoms with Gasteiger partial charge in [-0.3, -0.25) is 0 Å². The molecule has 1 saturated carbocycles. The molecule has 0 bridgehead atoms. The molecule has 4 rings (SSSR count). The summed E-state index contributed by atoms with van der Waals surface area (Å²) in [5.41, 5.74) is -0.913. The molecule has 0 spiro atoms. The first kappa shape index (κ1) is 22.9. The first-order chi connectivity index (χ1) is 15.5. The van der Waals surface area contributed by atoms with Crippen LogP contribution in [0, 0.1) is 5.92 Å².